The van der Waals surface area contributed by atoms with Crippen LogP contribution in [0, 0.1) is 5.82 Å². The summed E-state index contributed by atoms with van der Waals surface area (Å²) in [7, 11) is 0. The van der Waals surface area contributed by atoms with E-state index in [1.54, 1.807) is 6.07 Å². The monoisotopic (exact) mass is 276 g/mol. The number of benzene rings is 1. The molecule has 0 radical (unpaired) electrons. The van der Waals surface area contributed by atoms with Crippen molar-refractivity contribution in [2.24, 2.45) is 0 Å². The number of nitrogen functional groups attached to an aromatic ring is 1. The van der Waals surface area contributed by atoms with E-state index in [1.807, 2.05) is 12.1 Å². The van der Waals surface area contributed by atoms with Crippen molar-refractivity contribution in [1.29, 1.82) is 0 Å². The molecule has 0 atom stereocenters. The predicted molar refractivity (Wildman–Crippen MR) is 74.5 cm³/mol. The Balaban J connectivity index is 1.76. The topological polar surface area (TPSA) is 67.2 Å². The Kier molecular flexibility index (Phi) is 3.66. The molecular weight excluding hydrogens is 259 g/mol. The third kappa shape index (κ3) is 2.81. The number of aromatic nitrogens is 2. The smallest absolute Gasteiger partial charge is 0.145 e. The number of aromatic amines is 1. The molecule has 1 aromatic heterocycles. The Morgan fingerprint density at radius 2 is 2.10 bits per heavy atom. The van der Waals surface area contributed by atoms with E-state index in [2.05, 4.69) is 15.1 Å². The number of ether oxygens (including phenoxy) is 1. The Bertz CT molecular complexity index is 593. The molecule has 6 heteroatoms. The molecule has 3 rings (SSSR count). The summed E-state index contributed by atoms with van der Waals surface area (Å²) in [4.78, 5) is 2.19. The van der Waals surface area contributed by atoms with Gasteiger partial charge in [0.15, 0.2) is 0 Å². The summed E-state index contributed by atoms with van der Waals surface area (Å²) >= 11 is 0. The molecule has 1 aliphatic rings. The largest absolute Gasteiger partial charge is 0.382 e. The molecule has 1 saturated heterocycles. The Morgan fingerprint density at radius 1 is 1.30 bits per heavy atom. The first kappa shape index (κ1) is 13.1. The zero-order valence-corrected chi connectivity index (χ0v) is 11.1. The molecule has 106 valence electrons. The van der Waals surface area contributed by atoms with Gasteiger partial charge in [-0.25, -0.2) is 4.39 Å². The van der Waals surface area contributed by atoms with Crippen LogP contribution in [0.4, 0.5) is 10.2 Å². The van der Waals surface area contributed by atoms with E-state index in [4.69, 9.17) is 10.5 Å². The third-order valence-corrected chi connectivity index (χ3v) is 3.46. The lowest BCUT2D eigenvalue weighted by atomic mass is 10.1. The van der Waals surface area contributed by atoms with Crippen LogP contribution in [0.1, 0.15) is 5.56 Å². The van der Waals surface area contributed by atoms with Gasteiger partial charge in [-0.1, -0.05) is 12.1 Å². The fourth-order valence-electron chi connectivity index (χ4n) is 2.33. The molecule has 1 aliphatic heterocycles. The fraction of sp³-hybridized carbons (Fsp3) is 0.357. The summed E-state index contributed by atoms with van der Waals surface area (Å²) in [6, 6.07) is 6.90. The van der Waals surface area contributed by atoms with Crippen LogP contribution in [-0.2, 0) is 11.3 Å². The minimum absolute atomic E-state index is 0.206. The summed E-state index contributed by atoms with van der Waals surface area (Å²) in [5, 5.41) is 6.63. The number of hydrogen-bond donors (Lipinski definition) is 2. The van der Waals surface area contributed by atoms with Crippen molar-refractivity contribution < 1.29 is 9.13 Å². The van der Waals surface area contributed by atoms with E-state index in [1.165, 1.54) is 6.07 Å². The van der Waals surface area contributed by atoms with Crippen LogP contribution in [0.5, 0.6) is 0 Å². The van der Waals surface area contributed by atoms with E-state index >= 15 is 0 Å². The van der Waals surface area contributed by atoms with Crippen molar-refractivity contribution in [3.8, 4) is 11.3 Å². The fourth-order valence-corrected chi connectivity index (χ4v) is 2.33. The number of rotatable bonds is 3. The average Bonchev–Trinajstić information content (AvgIpc) is 2.89. The molecule has 2 heterocycles. The van der Waals surface area contributed by atoms with Gasteiger partial charge in [-0.05, 0) is 6.07 Å². The number of morpholine rings is 1. The minimum atomic E-state index is -0.206. The molecule has 1 fully saturated rings. The van der Waals surface area contributed by atoms with Gasteiger partial charge in [-0.15, -0.1) is 0 Å². The maximum Gasteiger partial charge on any atom is 0.145 e. The highest BCUT2D eigenvalue weighted by Gasteiger charge is 2.14. The average molecular weight is 276 g/mol. The molecule has 20 heavy (non-hydrogen) atoms. The second-order valence-electron chi connectivity index (χ2n) is 4.90. The lowest BCUT2D eigenvalue weighted by molar-refractivity contribution is 0.0337. The number of H-pyrrole nitrogens is 1. The van der Waals surface area contributed by atoms with E-state index < -0.39 is 0 Å². The molecule has 0 aliphatic carbocycles. The molecule has 0 saturated carbocycles. The van der Waals surface area contributed by atoms with E-state index in [9.17, 15) is 4.39 Å². The van der Waals surface area contributed by atoms with E-state index in [0.717, 1.165) is 24.3 Å². The second-order valence-corrected chi connectivity index (χ2v) is 4.90. The van der Waals surface area contributed by atoms with Crippen LogP contribution in [0.3, 0.4) is 0 Å². The molecule has 5 nitrogen and oxygen atoms in total. The maximum absolute atomic E-state index is 14.2. The van der Waals surface area contributed by atoms with Gasteiger partial charge >= 0.3 is 0 Å². The Labute approximate surface area is 116 Å². The quantitative estimate of drug-likeness (QED) is 0.894. The number of nitrogens with two attached hydrogens (primary N) is 1. The van der Waals surface area contributed by atoms with E-state index in [0.29, 0.717) is 31.1 Å². The first-order valence-electron chi connectivity index (χ1n) is 6.62. The van der Waals surface area contributed by atoms with Crippen molar-refractivity contribution >= 4 is 5.82 Å². The Hall–Kier alpha value is -1.92. The summed E-state index contributed by atoms with van der Waals surface area (Å²) < 4.78 is 19.5. The van der Waals surface area contributed by atoms with Crippen molar-refractivity contribution in [2.75, 3.05) is 32.0 Å². The number of hydrogen-bond acceptors (Lipinski definition) is 4. The third-order valence-electron chi connectivity index (χ3n) is 3.46. The molecule has 0 amide bonds. The maximum atomic E-state index is 14.2. The summed E-state index contributed by atoms with van der Waals surface area (Å²) in [6.45, 7) is 3.73. The predicted octanol–water partition coefficient (Wildman–Crippen LogP) is 1.63. The highest BCUT2D eigenvalue weighted by Crippen LogP contribution is 2.22. The van der Waals surface area contributed by atoms with Crippen LogP contribution in [0.25, 0.3) is 11.3 Å². The number of nitrogens with zero attached hydrogens (tertiary/aromatic N) is 2. The first-order chi connectivity index (χ1) is 9.72. The van der Waals surface area contributed by atoms with E-state index in [-0.39, 0.29) is 5.82 Å². The second kappa shape index (κ2) is 5.60. The normalized spacial score (nSPS) is 16.4. The van der Waals surface area contributed by atoms with Crippen LogP contribution < -0.4 is 5.73 Å². The zero-order chi connectivity index (χ0) is 13.9. The minimum Gasteiger partial charge on any atom is -0.382 e. The van der Waals surface area contributed by atoms with Gasteiger partial charge in [0.1, 0.15) is 11.6 Å². The molecule has 0 bridgehead atoms. The van der Waals surface area contributed by atoms with Crippen LogP contribution in [-0.4, -0.2) is 41.4 Å². The van der Waals surface area contributed by atoms with Gasteiger partial charge in [-0.3, -0.25) is 10.00 Å². The molecule has 2 aromatic rings. The molecule has 0 unspecified atom stereocenters. The van der Waals surface area contributed by atoms with Crippen LogP contribution >= 0.6 is 0 Å². The molecular formula is C14H17FN4O. The molecule has 3 N–H and O–H groups in total. The standard InChI is InChI=1S/C14H17FN4O/c15-12-7-10(13-8-14(16)18-17-13)1-2-11(12)9-19-3-5-20-6-4-19/h1-2,7-8H,3-6,9H2,(H3,16,17,18). The number of halogens is 1. The summed E-state index contributed by atoms with van der Waals surface area (Å²) in [5.41, 5.74) is 7.72. The summed E-state index contributed by atoms with van der Waals surface area (Å²) in [6.07, 6.45) is 0. The molecule has 0 spiro atoms. The van der Waals surface area contributed by atoms with Crippen molar-refractivity contribution in [3.05, 3.63) is 35.6 Å². The lowest BCUT2D eigenvalue weighted by Gasteiger charge is -2.26. The van der Waals surface area contributed by atoms with Crippen molar-refractivity contribution in [1.82, 2.24) is 15.1 Å². The zero-order valence-electron chi connectivity index (χ0n) is 11.1. The lowest BCUT2D eigenvalue weighted by Crippen LogP contribution is -2.35. The van der Waals surface area contributed by atoms with Gasteiger partial charge in [0.2, 0.25) is 0 Å². The van der Waals surface area contributed by atoms with Gasteiger partial charge in [-0.2, -0.15) is 5.10 Å². The van der Waals surface area contributed by atoms with Gasteiger partial charge in [0.25, 0.3) is 0 Å². The Morgan fingerprint density at radius 3 is 2.75 bits per heavy atom. The van der Waals surface area contributed by atoms with Gasteiger partial charge in [0, 0.05) is 36.8 Å². The van der Waals surface area contributed by atoms with Gasteiger partial charge < -0.3 is 10.5 Å². The molecule has 1 aromatic carbocycles. The van der Waals surface area contributed by atoms with Gasteiger partial charge in [0.05, 0.1) is 18.9 Å². The highest BCUT2D eigenvalue weighted by atomic mass is 19.1. The number of anilines is 1. The number of nitrogens with one attached hydrogen (secondary N) is 1. The van der Waals surface area contributed by atoms with Crippen LogP contribution in [0.15, 0.2) is 24.3 Å². The summed E-state index contributed by atoms with van der Waals surface area (Å²) in [5.74, 6) is 0.194. The van der Waals surface area contributed by atoms with Crippen molar-refractivity contribution in [3.63, 3.8) is 0 Å². The van der Waals surface area contributed by atoms with Crippen molar-refractivity contribution in [2.45, 2.75) is 6.54 Å². The van der Waals surface area contributed by atoms with Crippen LogP contribution in [0.2, 0.25) is 0 Å². The first-order valence-corrected chi connectivity index (χ1v) is 6.62. The highest BCUT2D eigenvalue weighted by molar-refractivity contribution is 5.62. The SMILES string of the molecule is Nc1cc(-c2ccc(CN3CCOCC3)c(F)c2)[nH]n1.